The van der Waals surface area contributed by atoms with Crippen LogP contribution in [0.25, 0.3) is 0 Å². The van der Waals surface area contributed by atoms with Gasteiger partial charge in [0.1, 0.15) is 13.2 Å². The maximum atomic E-state index is 13.1. The molecule has 0 spiro atoms. The molecule has 2 unspecified atom stereocenters. The van der Waals surface area contributed by atoms with Crippen molar-refractivity contribution < 1.29 is 14.3 Å². The molecule has 6 heteroatoms. The molecule has 2 fully saturated rings. The Morgan fingerprint density at radius 3 is 2.70 bits per heavy atom. The van der Waals surface area contributed by atoms with Crippen molar-refractivity contribution in [2.75, 3.05) is 53.5 Å². The van der Waals surface area contributed by atoms with Crippen LogP contribution < -0.4 is 9.47 Å². The third-order valence-corrected chi connectivity index (χ3v) is 6.09. The molecule has 3 aliphatic rings. The summed E-state index contributed by atoms with van der Waals surface area (Å²) >= 11 is 0. The Morgan fingerprint density at radius 1 is 1.11 bits per heavy atom. The van der Waals surface area contributed by atoms with Crippen molar-refractivity contribution in [2.24, 2.45) is 0 Å². The van der Waals surface area contributed by atoms with Crippen LogP contribution in [-0.2, 0) is 4.79 Å². The van der Waals surface area contributed by atoms with Gasteiger partial charge in [-0.2, -0.15) is 0 Å². The lowest BCUT2D eigenvalue weighted by Crippen LogP contribution is -2.49. The highest BCUT2D eigenvalue weighted by Gasteiger charge is 2.32. The zero-order valence-corrected chi connectivity index (χ0v) is 16.5. The van der Waals surface area contributed by atoms with E-state index in [1.807, 2.05) is 6.07 Å². The summed E-state index contributed by atoms with van der Waals surface area (Å²) in [4.78, 5) is 19.8. The van der Waals surface area contributed by atoms with Crippen molar-refractivity contribution in [1.29, 1.82) is 0 Å². The Balaban J connectivity index is 1.42. The summed E-state index contributed by atoms with van der Waals surface area (Å²) in [5.74, 6) is 1.87. The zero-order chi connectivity index (χ0) is 18.8. The average molecular weight is 373 g/mol. The number of rotatable bonds is 4. The summed E-state index contributed by atoms with van der Waals surface area (Å²) in [6.45, 7) is 4.59. The van der Waals surface area contributed by atoms with Gasteiger partial charge < -0.3 is 19.3 Å². The molecule has 148 valence electrons. The van der Waals surface area contributed by atoms with Crippen molar-refractivity contribution in [3.63, 3.8) is 0 Å². The number of piperidine rings is 1. The molecule has 0 radical (unpaired) electrons. The van der Waals surface area contributed by atoms with Crippen molar-refractivity contribution in [2.45, 2.75) is 37.8 Å². The van der Waals surface area contributed by atoms with Gasteiger partial charge in [0, 0.05) is 19.1 Å². The van der Waals surface area contributed by atoms with E-state index >= 15 is 0 Å². The van der Waals surface area contributed by atoms with Gasteiger partial charge in [0.2, 0.25) is 5.91 Å². The normalized spacial score (nSPS) is 25.8. The first-order valence-corrected chi connectivity index (χ1v) is 10.2. The van der Waals surface area contributed by atoms with Crippen LogP contribution in [0.1, 0.15) is 37.3 Å². The number of carbonyl (C=O) groups is 1. The summed E-state index contributed by atoms with van der Waals surface area (Å²) in [6, 6.07) is 6.85. The fraction of sp³-hybridized carbons (Fsp3) is 0.667. The fourth-order valence-corrected chi connectivity index (χ4v) is 4.56. The molecule has 2 saturated heterocycles. The predicted octanol–water partition coefficient (Wildman–Crippen LogP) is 2.15. The Hall–Kier alpha value is -1.79. The van der Waals surface area contributed by atoms with E-state index in [4.69, 9.17) is 9.47 Å². The van der Waals surface area contributed by atoms with Crippen LogP contribution in [0.2, 0.25) is 0 Å². The largest absolute Gasteiger partial charge is 0.486 e. The molecular formula is C21H31N3O3. The first-order valence-electron chi connectivity index (χ1n) is 10.2. The van der Waals surface area contributed by atoms with Crippen molar-refractivity contribution in [3.05, 3.63) is 23.8 Å². The maximum absolute atomic E-state index is 13.1. The second-order valence-electron chi connectivity index (χ2n) is 8.14. The first kappa shape index (κ1) is 18.6. The Kier molecular flexibility index (Phi) is 5.55. The van der Waals surface area contributed by atoms with Crippen LogP contribution >= 0.6 is 0 Å². The molecule has 0 aliphatic carbocycles. The molecule has 6 nitrogen and oxygen atoms in total. The van der Waals surface area contributed by atoms with Gasteiger partial charge in [0.25, 0.3) is 0 Å². The van der Waals surface area contributed by atoms with Crippen LogP contribution in [0.15, 0.2) is 18.2 Å². The highest BCUT2D eigenvalue weighted by atomic mass is 16.6. The number of likely N-dealkylation sites (tertiary alicyclic amines) is 2. The van der Waals surface area contributed by atoms with E-state index in [2.05, 4.69) is 40.9 Å². The molecule has 0 saturated carbocycles. The Bertz CT molecular complexity index is 679. The van der Waals surface area contributed by atoms with Gasteiger partial charge in [-0.3, -0.25) is 9.69 Å². The average Bonchev–Trinajstić information content (AvgIpc) is 3.18. The van der Waals surface area contributed by atoms with Gasteiger partial charge >= 0.3 is 0 Å². The minimum atomic E-state index is 0.155. The number of fused-ring (bicyclic) bond motifs is 1. The van der Waals surface area contributed by atoms with Gasteiger partial charge in [0.05, 0.1) is 12.6 Å². The molecule has 1 aromatic rings. The van der Waals surface area contributed by atoms with E-state index in [0.29, 0.717) is 25.8 Å². The number of carbonyl (C=O) groups excluding carboxylic acids is 1. The topological polar surface area (TPSA) is 45.2 Å². The molecule has 4 rings (SSSR count). The standard InChI is InChI=1S/C21H31N3O3/c1-22(2)17-5-3-9-23(14-17)15-21(25)24-10-4-6-18(24)16-7-8-19-20(13-16)27-12-11-26-19/h7-8,13,17-18H,3-6,9-12,14-15H2,1-2H3. The number of likely N-dealkylation sites (N-methyl/N-ethyl adjacent to an activating group) is 1. The highest BCUT2D eigenvalue weighted by molar-refractivity contribution is 5.79. The number of ether oxygens (including phenoxy) is 2. The minimum absolute atomic E-state index is 0.155. The number of nitrogens with zero attached hydrogens (tertiary/aromatic N) is 3. The summed E-state index contributed by atoms with van der Waals surface area (Å²) in [6.07, 6.45) is 4.47. The van der Waals surface area contributed by atoms with Crippen LogP contribution in [0.3, 0.4) is 0 Å². The van der Waals surface area contributed by atoms with Gasteiger partial charge in [-0.1, -0.05) is 6.07 Å². The van der Waals surface area contributed by atoms with E-state index in [9.17, 15) is 4.79 Å². The van der Waals surface area contributed by atoms with Crippen LogP contribution in [0.4, 0.5) is 0 Å². The van der Waals surface area contributed by atoms with Gasteiger partial charge in [-0.15, -0.1) is 0 Å². The number of benzene rings is 1. The van der Waals surface area contributed by atoms with E-state index in [0.717, 1.165) is 49.5 Å². The summed E-state index contributed by atoms with van der Waals surface area (Å²) in [5.41, 5.74) is 1.16. The molecule has 0 bridgehead atoms. The number of amides is 1. The third-order valence-electron chi connectivity index (χ3n) is 6.09. The van der Waals surface area contributed by atoms with Gasteiger partial charge in [0.15, 0.2) is 11.5 Å². The zero-order valence-electron chi connectivity index (χ0n) is 16.5. The minimum Gasteiger partial charge on any atom is -0.486 e. The molecule has 2 atom stereocenters. The van der Waals surface area contributed by atoms with Crippen LogP contribution in [-0.4, -0.2) is 80.1 Å². The van der Waals surface area contributed by atoms with Crippen molar-refractivity contribution in [3.8, 4) is 11.5 Å². The maximum Gasteiger partial charge on any atom is 0.237 e. The van der Waals surface area contributed by atoms with Gasteiger partial charge in [-0.25, -0.2) is 0 Å². The predicted molar refractivity (Wildman–Crippen MR) is 104 cm³/mol. The monoisotopic (exact) mass is 373 g/mol. The molecule has 0 aromatic heterocycles. The molecular weight excluding hydrogens is 342 g/mol. The van der Waals surface area contributed by atoms with Crippen LogP contribution in [0, 0.1) is 0 Å². The van der Waals surface area contributed by atoms with E-state index in [-0.39, 0.29) is 11.9 Å². The lowest BCUT2D eigenvalue weighted by Gasteiger charge is -2.37. The summed E-state index contributed by atoms with van der Waals surface area (Å²) in [5, 5.41) is 0. The summed E-state index contributed by atoms with van der Waals surface area (Å²) < 4.78 is 11.4. The molecule has 1 amide bonds. The molecule has 3 aliphatic heterocycles. The fourth-order valence-electron chi connectivity index (χ4n) is 4.56. The second-order valence-corrected chi connectivity index (χ2v) is 8.14. The van der Waals surface area contributed by atoms with Gasteiger partial charge in [-0.05, 0) is 64.0 Å². The lowest BCUT2D eigenvalue weighted by molar-refractivity contribution is -0.133. The van der Waals surface area contributed by atoms with Crippen LogP contribution in [0.5, 0.6) is 11.5 Å². The lowest BCUT2D eigenvalue weighted by atomic mass is 10.0. The molecule has 1 aromatic carbocycles. The van der Waals surface area contributed by atoms with Crippen molar-refractivity contribution in [1.82, 2.24) is 14.7 Å². The Morgan fingerprint density at radius 2 is 1.89 bits per heavy atom. The van der Waals surface area contributed by atoms with E-state index in [1.54, 1.807) is 0 Å². The number of hydrogen-bond donors (Lipinski definition) is 0. The quantitative estimate of drug-likeness (QED) is 0.809. The third kappa shape index (κ3) is 4.06. The SMILES string of the molecule is CN(C)C1CCCN(CC(=O)N2CCCC2c2ccc3c(c2)OCCO3)C1. The Labute approximate surface area is 162 Å². The van der Waals surface area contributed by atoms with E-state index < -0.39 is 0 Å². The van der Waals surface area contributed by atoms with E-state index in [1.165, 1.54) is 12.8 Å². The number of hydrogen-bond acceptors (Lipinski definition) is 5. The molecule has 0 N–H and O–H groups in total. The molecule has 27 heavy (non-hydrogen) atoms. The summed E-state index contributed by atoms with van der Waals surface area (Å²) in [7, 11) is 4.27. The van der Waals surface area contributed by atoms with Crippen molar-refractivity contribution >= 4 is 5.91 Å². The smallest absolute Gasteiger partial charge is 0.237 e. The highest BCUT2D eigenvalue weighted by Crippen LogP contribution is 2.38. The second kappa shape index (κ2) is 8.07. The molecule has 3 heterocycles. The first-order chi connectivity index (χ1) is 13.1.